The Bertz CT molecular complexity index is 362. The SMILES string of the molecule is CC1CCC(C)N(Cc2cccc(CN)c2)C1. The van der Waals surface area contributed by atoms with Crippen molar-refractivity contribution in [3.8, 4) is 0 Å². The standard InChI is InChI=1S/C15H24N2/c1-12-6-7-13(2)17(10-12)11-15-5-3-4-14(8-15)9-16/h3-5,8,12-13H,6-7,9-11,16H2,1-2H3. The molecule has 1 aliphatic rings. The molecule has 2 rings (SSSR count). The molecule has 1 aliphatic heterocycles. The topological polar surface area (TPSA) is 29.3 Å². The van der Waals surface area contributed by atoms with Gasteiger partial charge < -0.3 is 5.73 Å². The van der Waals surface area contributed by atoms with E-state index in [2.05, 4.69) is 43.0 Å². The highest BCUT2D eigenvalue weighted by molar-refractivity contribution is 5.23. The van der Waals surface area contributed by atoms with Crippen LogP contribution in [0.25, 0.3) is 0 Å². The zero-order valence-electron chi connectivity index (χ0n) is 11.0. The second-order valence-corrected chi connectivity index (χ2v) is 5.49. The molecule has 0 radical (unpaired) electrons. The number of rotatable bonds is 3. The van der Waals surface area contributed by atoms with Gasteiger partial charge in [-0.2, -0.15) is 0 Å². The molecule has 0 amide bonds. The van der Waals surface area contributed by atoms with Crippen molar-refractivity contribution in [2.75, 3.05) is 6.54 Å². The summed E-state index contributed by atoms with van der Waals surface area (Å²) in [5.41, 5.74) is 8.32. The maximum atomic E-state index is 5.69. The van der Waals surface area contributed by atoms with Crippen LogP contribution in [0.15, 0.2) is 24.3 Å². The number of nitrogens with two attached hydrogens (primary N) is 1. The predicted molar refractivity (Wildman–Crippen MR) is 72.6 cm³/mol. The van der Waals surface area contributed by atoms with Gasteiger partial charge in [0.1, 0.15) is 0 Å². The van der Waals surface area contributed by atoms with Crippen LogP contribution in [0, 0.1) is 5.92 Å². The summed E-state index contributed by atoms with van der Waals surface area (Å²) in [5, 5.41) is 0. The maximum absolute atomic E-state index is 5.69. The lowest BCUT2D eigenvalue weighted by Crippen LogP contribution is -2.40. The molecule has 1 aromatic carbocycles. The van der Waals surface area contributed by atoms with Gasteiger partial charge in [0, 0.05) is 25.7 Å². The van der Waals surface area contributed by atoms with Gasteiger partial charge in [-0.3, -0.25) is 4.90 Å². The molecule has 1 fully saturated rings. The normalized spacial score (nSPS) is 26.1. The molecule has 1 aromatic rings. The fourth-order valence-electron chi connectivity index (χ4n) is 2.69. The molecule has 1 heterocycles. The highest BCUT2D eigenvalue weighted by Gasteiger charge is 2.22. The number of hydrogen-bond acceptors (Lipinski definition) is 2. The van der Waals surface area contributed by atoms with Gasteiger partial charge in [0.15, 0.2) is 0 Å². The van der Waals surface area contributed by atoms with Gasteiger partial charge in [0.05, 0.1) is 0 Å². The fourth-order valence-corrected chi connectivity index (χ4v) is 2.69. The van der Waals surface area contributed by atoms with Crippen molar-refractivity contribution in [3.05, 3.63) is 35.4 Å². The lowest BCUT2D eigenvalue weighted by Gasteiger charge is -2.36. The van der Waals surface area contributed by atoms with Gasteiger partial charge in [-0.05, 0) is 36.8 Å². The molecule has 0 spiro atoms. The van der Waals surface area contributed by atoms with Crippen molar-refractivity contribution in [1.29, 1.82) is 0 Å². The molecule has 0 saturated carbocycles. The van der Waals surface area contributed by atoms with E-state index in [1.165, 1.54) is 30.5 Å². The molecule has 94 valence electrons. The van der Waals surface area contributed by atoms with Crippen molar-refractivity contribution in [2.45, 2.75) is 45.8 Å². The monoisotopic (exact) mass is 232 g/mol. The Morgan fingerprint density at radius 1 is 1.24 bits per heavy atom. The third-order valence-electron chi connectivity index (χ3n) is 3.86. The summed E-state index contributed by atoms with van der Waals surface area (Å²) in [6.07, 6.45) is 2.71. The van der Waals surface area contributed by atoms with E-state index in [-0.39, 0.29) is 0 Å². The van der Waals surface area contributed by atoms with Crippen LogP contribution in [-0.2, 0) is 13.1 Å². The third kappa shape index (κ3) is 3.30. The molecule has 0 aromatic heterocycles. The molecular formula is C15H24N2. The Labute approximate surface area is 105 Å². The van der Waals surface area contributed by atoms with E-state index in [1.807, 2.05) is 0 Å². The van der Waals surface area contributed by atoms with Crippen molar-refractivity contribution in [1.82, 2.24) is 4.90 Å². The van der Waals surface area contributed by atoms with Crippen LogP contribution in [0.1, 0.15) is 37.8 Å². The lowest BCUT2D eigenvalue weighted by atomic mass is 9.94. The quantitative estimate of drug-likeness (QED) is 0.868. The maximum Gasteiger partial charge on any atom is 0.0236 e. The van der Waals surface area contributed by atoms with Crippen LogP contribution in [0.2, 0.25) is 0 Å². The van der Waals surface area contributed by atoms with Crippen molar-refractivity contribution in [2.24, 2.45) is 11.7 Å². The van der Waals surface area contributed by atoms with Crippen LogP contribution >= 0.6 is 0 Å². The first-order valence-corrected chi connectivity index (χ1v) is 6.71. The van der Waals surface area contributed by atoms with Crippen LogP contribution < -0.4 is 5.73 Å². The third-order valence-corrected chi connectivity index (χ3v) is 3.86. The first-order valence-electron chi connectivity index (χ1n) is 6.71. The van der Waals surface area contributed by atoms with Crippen LogP contribution in [0.5, 0.6) is 0 Å². The Balaban J connectivity index is 2.03. The molecule has 2 heteroatoms. The van der Waals surface area contributed by atoms with E-state index in [1.54, 1.807) is 0 Å². The summed E-state index contributed by atoms with van der Waals surface area (Å²) < 4.78 is 0. The molecule has 2 atom stereocenters. The van der Waals surface area contributed by atoms with Crippen LogP contribution in [0.3, 0.4) is 0 Å². The Morgan fingerprint density at radius 2 is 2.00 bits per heavy atom. The van der Waals surface area contributed by atoms with Crippen molar-refractivity contribution < 1.29 is 0 Å². The highest BCUT2D eigenvalue weighted by atomic mass is 15.2. The summed E-state index contributed by atoms with van der Waals surface area (Å²) in [6.45, 7) is 7.64. The predicted octanol–water partition coefficient (Wildman–Crippen LogP) is 2.77. The zero-order valence-corrected chi connectivity index (χ0v) is 11.0. The highest BCUT2D eigenvalue weighted by Crippen LogP contribution is 2.23. The van der Waals surface area contributed by atoms with E-state index in [0.29, 0.717) is 12.6 Å². The van der Waals surface area contributed by atoms with E-state index < -0.39 is 0 Å². The molecule has 1 saturated heterocycles. The summed E-state index contributed by atoms with van der Waals surface area (Å²) in [7, 11) is 0. The molecule has 2 N–H and O–H groups in total. The largest absolute Gasteiger partial charge is 0.326 e. The van der Waals surface area contributed by atoms with Crippen LogP contribution in [0.4, 0.5) is 0 Å². The average Bonchev–Trinajstić information content (AvgIpc) is 2.34. The Hall–Kier alpha value is -0.860. The number of benzene rings is 1. The van der Waals surface area contributed by atoms with E-state index in [0.717, 1.165) is 12.5 Å². The zero-order chi connectivity index (χ0) is 12.3. The summed E-state index contributed by atoms with van der Waals surface area (Å²) >= 11 is 0. The number of likely N-dealkylation sites (tertiary alicyclic amines) is 1. The smallest absolute Gasteiger partial charge is 0.0236 e. The van der Waals surface area contributed by atoms with E-state index in [4.69, 9.17) is 5.73 Å². The molecule has 0 aliphatic carbocycles. The minimum Gasteiger partial charge on any atom is -0.326 e. The van der Waals surface area contributed by atoms with Crippen molar-refractivity contribution in [3.63, 3.8) is 0 Å². The first-order chi connectivity index (χ1) is 8.19. The minimum absolute atomic E-state index is 0.639. The Kier molecular flexibility index (Phi) is 4.19. The number of hydrogen-bond donors (Lipinski definition) is 1. The summed E-state index contributed by atoms with van der Waals surface area (Å²) in [5.74, 6) is 0.837. The molecule has 2 unspecified atom stereocenters. The van der Waals surface area contributed by atoms with Gasteiger partial charge in [0.2, 0.25) is 0 Å². The number of piperidine rings is 1. The van der Waals surface area contributed by atoms with Crippen LogP contribution in [-0.4, -0.2) is 17.5 Å². The molecule has 17 heavy (non-hydrogen) atoms. The summed E-state index contributed by atoms with van der Waals surface area (Å²) in [4.78, 5) is 2.60. The fraction of sp³-hybridized carbons (Fsp3) is 0.600. The van der Waals surface area contributed by atoms with Crippen molar-refractivity contribution >= 4 is 0 Å². The summed E-state index contributed by atoms with van der Waals surface area (Å²) in [6, 6.07) is 9.39. The van der Waals surface area contributed by atoms with Gasteiger partial charge >= 0.3 is 0 Å². The lowest BCUT2D eigenvalue weighted by molar-refractivity contribution is 0.117. The van der Waals surface area contributed by atoms with Gasteiger partial charge in [0.25, 0.3) is 0 Å². The Morgan fingerprint density at radius 3 is 2.76 bits per heavy atom. The van der Waals surface area contributed by atoms with Gasteiger partial charge in [-0.15, -0.1) is 0 Å². The molecular weight excluding hydrogens is 208 g/mol. The average molecular weight is 232 g/mol. The van der Waals surface area contributed by atoms with Gasteiger partial charge in [-0.1, -0.05) is 31.2 Å². The number of nitrogens with zero attached hydrogens (tertiary/aromatic N) is 1. The van der Waals surface area contributed by atoms with Gasteiger partial charge in [-0.25, -0.2) is 0 Å². The second kappa shape index (κ2) is 5.65. The van der Waals surface area contributed by atoms with E-state index >= 15 is 0 Å². The molecule has 0 bridgehead atoms. The first kappa shape index (κ1) is 12.6. The minimum atomic E-state index is 0.639. The molecule has 2 nitrogen and oxygen atoms in total. The second-order valence-electron chi connectivity index (χ2n) is 5.49. The van der Waals surface area contributed by atoms with E-state index in [9.17, 15) is 0 Å².